The molecule has 0 fully saturated rings. The smallest absolute Gasteiger partial charge is 0.242 e. The Labute approximate surface area is 140 Å². The fourth-order valence-corrected chi connectivity index (χ4v) is 5.14. The summed E-state index contributed by atoms with van der Waals surface area (Å²) in [6, 6.07) is 7.84. The number of aliphatic hydroxyl groups excluding tert-OH is 1. The van der Waals surface area contributed by atoms with Crippen LogP contribution in [0.2, 0.25) is 4.34 Å². The number of thiophene rings is 1. The molecule has 1 aromatic carbocycles. The minimum atomic E-state index is -3.71. The summed E-state index contributed by atoms with van der Waals surface area (Å²) in [4.78, 5) is 0.932. The van der Waals surface area contributed by atoms with E-state index in [0.29, 0.717) is 14.4 Å². The SMILES string of the molecule is CC(NS(=O)(=O)c1cc(CO)ccc1Br)c1ccc(Cl)s1. The molecule has 0 radical (unpaired) electrons. The fraction of sp³-hybridized carbons (Fsp3) is 0.231. The maximum Gasteiger partial charge on any atom is 0.242 e. The van der Waals surface area contributed by atoms with Crippen LogP contribution in [0.25, 0.3) is 0 Å². The van der Waals surface area contributed by atoms with Gasteiger partial charge in [0.15, 0.2) is 0 Å². The van der Waals surface area contributed by atoms with Gasteiger partial charge in [0.05, 0.1) is 21.9 Å². The fourth-order valence-electron chi connectivity index (χ4n) is 1.77. The molecule has 4 nitrogen and oxygen atoms in total. The van der Waals surface area contributed by atoms with E-state index in [1.807, 2.05) is 0 Å². The van der Waals surface area contributed by atoms with Crippen LogP contribution < -0.4 is 4.72 Å². The molecule has 0 saturated heterocycles. The summed E-state index contributed by atoms with van der Waals surface area (Å²) in [5, 5.41) is 9.14. The lowest BCUT2D eigenvalue weighted by atomic mass is 10.2. The Hall–Kier alpha value is -0.440. The molecule has 1 unspecified atom stereocenters. The average molecular weight is 411 g/mol. The maximum atomic E-state index is 12.5. The molecule has 1 heterocycles. The van der Waals surface area contributed by atoms with Gasteiger partial charge < -0.3 is 5.11 Å². The summed E-state index contributed by atoms with van der Waals surface area (Å²) in [6.07, 6.45) is 0. The second-order valence-electron chi connectivity index (χ2n) is 4.41. The molecule has 2 rings (SSSR count). The molecule has 21 heavy (non-hydrogen) atoms. The zero-order valence-corrected chi connectivity index (χ0v) is 15.0. The van der Waals surface area contributed by atoms with E-state index in [9.17, 15) is 8.42 Å². The van der Waals surface area contributed by atoms with Crippen molar-refractivity contribution in [3.8, 4) is 0 Å². The van der Waals surface area contributed by atoms with Crippen molar-refractivity contribution in [1.82, 2.24) is 4.72 Å². The number of hydrogen-bond acceptors (Lipinski definition) is 4. The zero-order valence-electron chi connectivity index (χ0n) is 11.0. The van der Waals surface area contributed by atoms with E-state index in [1.165, 1.54) is 17.4 Å². The second-order valence-corrected chi connectivity index (χ2v) is 8.69. The predicted octanol–water partition coefficient (Wildman–Crippen LogP) is 3.70. The van der Waals surface area contributed by atoms with E-state index in [-0.39, 0.29) is 11.5 Å². The van der Waals surface area contributed by atoms with Crippen molar-refractivity contribution in [3.63, 3.8) is 0 Å². The Morgan fingerprint density at radius 3 is 2.67 bits per heavy atom. The van der Waals surface area contributed by atoms with Gasteiger partial charge in [0.25, 0.3) is 0 Å². The molecule has 0 bridgehead atoms. The third-order valence-electron chi connectivity index (χ3n) is 2.82. The molecule has 114 valence electrons. The molecule has 0 aliphatic carbocycles. The van der Waals surface area contributed by atoms with E-state index in [0.717, 1.165) is 4.88 Å². The van der Waals surface area contributed by atoms with Crippen LogP contribution in [0.15, 0.2) is 39.7 Å². The number of sulfonamides is 1. The highest BCUT2D eigenvalue weighted by Crippen LogP contribution is 2.29. The number of hydrogen-bond donors (Lipinski definition) is 2. The number of nitrogens with one attached hydrogen (secondary N) is 1. The standard InChI is InChI=1S/C13H13BrClNO3S2/c1-8(11-4-5-13(15)20-11)16-21(18,19)12-6-9(7-17)2-3-10(12)14/h2-6,8,16-17H,7H2,1H3. The Morgan fingerprint density at radius 1 is 1.38 bits per heavy atom. The predicted molar refractivity (Wildman–Crippen MR) is 88.1 cm³/mol. The Kier molecular flexibility index (Phi) is 5.45. The van der Waals surface area contributed by atoms with Crippen LogP contribution in [-0.2, 0) is 16.6 Å². The molecule has 0 saturated carbocycles. The third kappa shape index (κ3) is 4.06. The van der Waals surface area contributed by atoms with Crippen LogP contribution in [-0.4, -0.2) is 13.5 Å². The van der Waals surface area contributed by atoms with Crippen molar-refractivity contribution >= 4 is 48.9 Å². The van der Waals surface area contributed by atoms with Gasteiger partial charge in [-0.15, -0.1) is 11.3 Å². The van der Waals surface area contributed by atoms with Crippen LogP contribution in [0.1, 0.15) is 23.4 Å². The van der Waals surface area contributed by atoms with Gasteiger partial charge in [-0.1, -0.05) is 17.7 Å². The average Bonchev–Trinajstić information content (AvgIpc) is 2.85. The van der Waals surface area contributed by atoms with E-state index >= 15 is 0 Å². The molecule has 0 aliphatic rings. The van der Waals surface area contributed by atoms with E-state index in [1.54, 1.807) is 31.2 Å². The first-order valence-electron chi connectivity index (χ1n) is 6.00. The molecule has 0 amide bonds. The van der Waals surface area contributed by atoms with E-state index in [2.05, 4.69) is 20.7 Å². The Morgan fingerprint density at radius 2 is 2.10 bits per heavy atom. The van der Waals surface area contributed by atoms with Gasteiger partial charge in [-0.2, -0.15) is 0 Å². The summed E-state index contributed by atoms with van der Waals surface area (Å²) in [7, 11) is -3.71. The minimum absolute atomic E-state index is 0.101. The van der Waals surface area contributed by atoms with Crippen molar-refractivity contribution in [3.05, 3.63) is 49.6 Å². The molecule has 1 aromatic heterocycles. The molecule has 0 aliphatic heterocycles. The first-order chi connectivity index (χ1) is 9.83. The highest BCUT2D eigenvalue weighted by atomic mass is 79.9. The maximum absolute atomic E-state index is 12.5. The van der Waals surface area contributed by atoms with Crippen LogP contribution >= 0.6 is 38.9 Å². The van der Waals surface area contributed by atoms with Gasteiger partial charge in [0.2, 0.25) is 10.0 Å². The number of rotatable bonds is 5. The lowest BCUT2D eigenvalue weighted by Crippen LogP contribution is -2.26. The number of benzene rings is 1. The first kappa shape index (κ1) is 16.9. The van der Waals surface area contributed by atoms with Gasteiger partial charge in [0, 0.05) is 9.35 Å². The molecule has 0 spiro atoms. The van der Waals surface area contributed by atoms with Crippen molar-refractivity contribution in [2.24, 2.45) is 0 Å². The lowest BCUT2D eigenvalue weighted by Gasteiger charge is -2.14. The summed E-state index contributed by atoms with van der Waals surface area (Å²) < 4.78 is 28.6. The van der Waals surface area contributed by atoms with Gasteiger partial charge in [-0.05, 0) is 52.7 Å². The largest absolute Gasteiger partial charge is 0.392 e. The van der Waals surface area contributed by atoms with Gasteiger partial charge in [-0.25, -0.2) is 13.1 Å². The molecule has 1 atom stereocenters. The Balaban J connectivity index is 2.30. The van der Waals surface area contributed by atoms with E-state index < -0.39 is 16.1 Å². The zero-order chi connectivity index (χ0) is 15.6. The summed E-state index contributed by atoms with van der Waals surface area (Å²) >= 11 is 10.4. The highest BCUT2D eigenvalue weighted by Gasteiger charge is 2.22. The second kappa shape index (κ2) is 6.76. The van der Waals surface area contributed by atoms with Crippen molar-refractivity contribution in [1.29, 1.82) is 0 Å². The normalized spacial score (nSPS) is 13.3. The number of aliphatic hydroxyl groups is 1. The first-order valence-corrected chi connectivity index (χ1v) is 9.47. The number of halogens is 2. The van der Waals surface area contributed by atoms with Crippen LogP contribution in [0.3, 0.4) is 0 Å². The quantitative estimate of drug-likeness (QED) is 0.790. The third-order valence-corrected chi connectivity index (χ3v) is 6.77. The van der Waals surface area contributed by atoms with Crippen LogP contribution in [0.5, 0.6) is 0 Å². The topological polar surface area (TPSA) is 66.4 Å². The van der Waals surface area contributed by atoms with Gasteiger partial charge >= 0.3 is 0 Å². The van der Waals surface area contributed by atoms with Crippen molar-refractivity contribution in [2.75, 3.05) is 0 Å². The lowest BCUT2D eigenvalue weighted by molar-refractivity contribution is 0.281. The van der Waals surface area contributed by atoms with Crippen LogP contribution in [0, 0.1) is 0 Å². The molecule has 2 N–H and O–H groups in total. The minimum Gasteiger partial charge on any atom is -0.392 e. The van der Waals surface area contributed by atoms with Gasteiger partial charge in [0.1, 0.15) is 0 Å². The highest BCUT2D eigenvalue weighted by molar-refractivity contribution is 9.10. The summed E-state index contributed by atoms with van der Waals surface area (Å²) in [5.41, 5.74) is 0.533. The molecular weight excluding hydrogens is 398 g/mol. The summed E-state index contributed by atoms with van der Waals surface area (Å²) in [6.45, 7) is 1.54. The van der Waals surface area contributed by atoms with Crippen LogP contribution in [0.4, 0.5) is 0 Å². The van der Waals surface area contributed by atoms with E-state index in [4.69, 9.17) is 16.7 Å². The summed E-state index contributed by atoms with van der Waals surface area (Å²) in [5.74, 6) is 0. The monoisotopic (exact) mass is 409 g/mol. The van der Waals surface area contributed by atoms with Crippen molar-refractivity contribution < 1.29 is 13.5 Å². The molecular formula is C13H13BrClNO3S2. The van der Waals surface area contributed by atoms with Gasteiger partial charge in [-0.3, -0.25) is 0 Å². The molecule has 8 heteroatoms. The molecule has 2 aromatic rings. The van der Waals surface area contributed by atoms with Crippen molar-refractivity contribution in [2.45, 2.75) is 24.5 Å². The Bertz CT molecular complexity index is 746.